The summed E-state index contributed by atoms with van der Waals surface area (Å²) < 4.78 is 6.85. The molecule has 0 aliphatic heterocycles. The van der Waals surface area contributed by atoms with Gasteiger partial charge in [-0.1, -0.05) is 36.7 Å². The lowest BCUT2D eigenvalue weighted by atomic mass is 10.2. The SMILES string of the molecule is CCCN(Cc1nc2cc(Cl)ccc2c(=O)[nH]1)C(=O)c1ccc(=O)n(CCOc2ccccc2)n1. The van der Waals surface area contributed by atoms with Crippen LogP contribution < -0.4 is 15.9 Å². The van der Waals surface area contributed by atoms with Gasteiger partial charge >= 0.3 is 0 Å². The number of benzene rings is 2. The number of fused-ring (bicyclic) bond motifs is 1. The van der Waals surface area contributed by atoms with Gasteiger partial charge in [0.25, 0.3) is 17.0 Å². The number of aromatic nitrogens is 4. The lowest BCUT2D eigenvalue weighted by Crippen LogP contribution is -2.35. The number of H-pyrrole nitrogens is 1. The molecule has 180 valence electrons. The number of para-hydroxylation sites is 1. The smallest absolute Gasteiger partial charge is 0.274 e. The van der Waals surface area contributed by atoms with E-state index in [4.69, 9.17) is 16.3 Å². The van der Waals surface area contributed by atoms with Crippen LogP contribution >= 0.6 is 11.6 Å². The molecule has 35 heavy (non-hydrogen) atoms. The summed E-state index contributed by atoms with van der Waals surface area (Å²) in [5, 5.41) is 5.13. The van der Waals surface area contributed by atoms with Crippen molar-refractivity contribution >= 4 is 28.4 Å². The third-order valence-electron chi connectivity index (χ3n) is 5.24. The predicted molar refractivity (Wildman–Crippen MR) is 133 cm³/mol. The standard InChI is InChI=1S/C25H24ClN5O4/c1-2-12-30(16-22-27-21-15-17(26)8-9-19(21)24(33)28-22)25(34)20-10-11-23(32)31(29-20)13-14-35-18-6-4-3-5-7-18/h3-11,15H,2,12-14,16H2,1H3,(H,27,28,33). The maximum absolute atomic E-state index is 13.3. The van der Waals surface area contributed by atoms with Gasteiger partial charge in [-0.15, -0.1) is 0 Å². The molecule has 4 rings (SSSR count). The second-order valence-corrected chi connectivity index (χ2v) is 8.28. The summed E-state index contributed by atoms with van der Waals surface area (Å²) in [5.41, 5.74) is -0.0810. The van der Waals surface area contributed by atoms with E-state index in [1.54, 1.807) is 18.2 Å². The zero-order valence-electron chi connectivity index (χ0n) is 19.1. The summed E-state index contributed by atoms with van der Waals surface area (Å²) in [6, 6.07) is 16.8. The van der Waals surface area contributed by atoms with Crippen LogP contribution in [0.3, 0.4) is 0 Å². The van der Waals surface area contributed by atoms with Crippen molar-refractivity contribution in [2.24, 2.45) is 0 Å². The highest BCUT2D eigenvalue weighted by Crippen LogP contribution is 2.15. The Morgan fingerprint density at radius 1 is 1.11 bits per heavy atom. The minimum Gasteiger partial charge on any atom is -0.492 e. The normalized spacial score (nSPS) is 10.9. The fraction of sp³-hybridized carbons (Fsp3) is 0.240. The Bertz CT molecular complexity index is 1450. The van der Waals surface area contributed by atoms with Gasteiger partial charge in [0.05, 0.1) is 24.0 Å². The lowest BCUT2D eigenvalue weighted by Gasteiger charge is -2.21. The van der Waals surface area contributed by atoms with Gasteiger partial charge in [-0.05, 0) is 42.8 Å². The molecule has 0 aliphatic rings. The quantitative estimate of drug-likeness (QED) is 0.383. The maximum Gasteiger partial charge on any atom is 0.274 e. The molecule has 1 amide bonds. The van der Waals surface area contributed by atoms with E-state index in [0.717, 1.165) is 0 Å². The Morgan fingerprint density at radius 3 is 2.69 bits per heavy atom. The fourth-order valence-electron chi connectivity index (χ4n) is 3.59. The molecule has 2 heterocycles. The molecular weight excluding hydrogens is 470 g/mol. The number of nitrogens with zero attached hydrogens (tertiary/aromatic N) is 4. The molecule has 0 atom stereocenters. The van der Waals surface area contributed by atoms with Gasteiger partial charge in [-0.25, -0.2) is 9.67 Å². The molecule has 0 saturated heterocycles. The number of amides is 1. The first-order valence-electron chi connectivity index (χ1n) is 11.2. The second-order valence-electron chi connectivity index (χ2n) is 7.84. The van der Waals surface area contributed by atoms with E-state index in [1.165, 1.54) is 21.7 Å². The van der Waals surface area contributed by atoms with Crippen LogP contribution in [0.2, 0.25) is 5.02 Å². The minimum atomic E-state index is -0.376. The van der Waals surface area contributed by atoms with Gasteiger partial charge in [0.2, 0.25) is 0 Å². The van der Waals surface area contributed by atoms with E-state index in [1.807, 2.05) is 37.3 Å². The van der Waals surface area contributed by atoms with Gasteiger partial charge in [0, 0.05) is 17.6 Å². The van der Waals surface area contributed by atoms with Crippen LogP contribution in [0.15, 0.2) is 70.3 Å². The van der Waals surface area contributed by atoms with Gasteiger partial charge < -0.3 is 14.6 Å². The molecule has 0 aliphatic carbocycles. The number of nitrogens with one attached hydrogen (secondary N) is 1. The molecule has 4 aromatic rings. The highest BCUT2D eigenvalue weighted by Gasteiger charge is 2.19. The number of carbonyl (C=O) groups excluding carboxylic acids is 1. The van der Waals surface area contributed by atoms with Crippen molar-refractivity contribution in [1.29, 1.82) is 0 Å². The third kappa shape index (κ3) is 5.93. The molecule has 0 spiro atoms. The van der Waals surface area contributed by atoms with Gasteiger partial charge in [-0.3, -0.25) is 14.4 Å². The molecule has 2 aromatic carbocycles. The van der Waals surface area contributed by atoms with Gasteiger partial charge in [0.15, 0.2) is 0 Å². The molecule has 0 saturated carbocycles. The molecule has 1 N–H and O–H groups in total. The van der Waals surface area contributed by atoms with Crippen LogP contribution in [-0.4, -0.2) is 43.7 Å². The zero-order chi connectivity index (χ0) is 24.8. The summed E-state index contributed by atoms with van der Waals surface area (Å²) in [5.74, 6) is 0.634. The van der Waals surface area contributed by atoms with Crippen LogP contribution in [0, 0.1) is 0 Å². The molecule has 9 nitrogen and oxygen atoms in total. The molecule has 10 heteroatoms. The molecule has 0 radical (unpaired) electrons. The highest BCUT2D eigenvalue weighted by atomic mass is 35.5. The number of hydrogen-bond acceptors (Lipinski definition) is 6. The average Bonchev–Trinajstić information content (AvgIpc) is 2.85. The molecule has 0 fully saturated rings. The molecule has 2 aromatic heterocycles. The Balaban J connectivity index is 1.53. The number of halogens is 1. The van der Waals surface area contributed by atoms with Gasteiger partial charge in [-0.2, -0.15) is 5.10 Å². The van der Waals surface area contributed by atoms with E-state index >= 15 is 0 Å². The third-order valence-corrected chi connectivity index (χ3v) is 5.47. The van der Waals surface area contributed by atoms with Gasteiger partial charge in [0.1, 0.15) is 23.9 Å². The topological polar surface area (TPSA) is 110 Å². The maximum atomic E-state index is 13.3. The van der Waals surface area contributed by atoms with E-state index in [0.29, 0.717) is 40.5 Å². The zero-order valence-corrected chi connectivity index (χ0v) is 19.9. The Morgan fingerprint density at radius 2 is 1.91 bits per heavy atom. The van der Waals surface area contributed by atoms with Crippen LogP contribution in [0.5, 0.6) is 5.75 Å². The molecule has 0 unspecified atom stereocenters. The van der Waals surface area contributed by atoms with Crippen molar-refractivity contribution in [3.8, 4) is 5.75 Å². The van der Waals surface area contributed by atoms with Crippen molar-refractivity contribution < 1.29 is 9.53 Å². The van der Waals surface area contributed by atoms with Crippen molar-refractivity contribution in [3.63, 3.8) is 0 Å². The predicted octanol–water partition coefficient (Wildman–Crippen LogP) is 3.26. The highest BCUT2D eigenvalue weighted by molar-refractivity contribution is 6.31. The monoisotopic (exact) mass is 493 g/mol. The summed E-state index contributed by atoms with van der Waals surface area (Å²) in [4.78, 5) is 46.8. The summed E-state index contributed by atoms with van der Waals surface area (Å²) in [6.45, 7) is 2.82. The first-order valence-corrected chi connectivity index (χ1v) is 11.6. The van der Waals surface area contributed by atoms with E-state index in [-0.39, 0.29) is 42.4 Å². The lowest BCUT2D eigenvalue weighted by molar-refractivity contribution is 0.0729. The summed E-state index contributed by atoms with van der Waals surface area (Å²) >= 11 is 6.05. The van der Waals surface area contributed by atoms with Crippen molar-refractivity contribution in [2.45, 2.75) is 26.4 Å². The molecular formula is C25H24ClN5O4. The number of ether oxygens (including phenoxy) is 1. The number of rotatable bonds is 9. The number of aromatic amines is 1. The van der Waals surface area contributed by atoms with Crippen LogP contribution in [0.4, 0.5) is 0 Å². The van der Waals surface area contributed by atoms with E-state index < -0.39 is 0 Å². The summed E-state index contributed by atoms with van der Waals surface area (Å²) in [7, 11) is 0. The fourth-order valence-corrected chi connectivity index (χ4v) is 3.76. The first-order chi connectivity index (χ1) is 16.9. The van der Waals surface area contributed by atoms with Crippen LogP contribution in [0.25, 0.3) is 10.9 Å². The Kier molecular flexibility index (Phi) is 7.57. The average molecular weight is 494 g/mol. The minimum absolute atomic E-state index is 0.0717. The van der Waals surface area contributed by atoms with Crippen molar-refractivity contribution in [1.82, 2.24) is 24.6 Å². The largest absolute Gasteiger partial charge is 0.492 e. The first kappa shape index (κ1) is 24.2. The number of carbonyl (C=O) groups is 1. The van der Waals surface area contributed by atoms with Crippen molar-refractivity contribution in [2.75, 3.05) is 13.2 Å². The van der Waals surface area contributed by atoms with Crippen LogP contribution in [-0.2, 0) is 13.1 Å². The Hall–Kier alpha value is -3.98. The van der Waals surface area contributed by atoms with Crippen LogP contribution in [0.1, 0.15) is 29.7 Å². The molecule has 0 bridgehead atoms. The van der Waals surface area contributed by atoms with E-state index in [9.17, 15) is 14.4 Å². The van der Waals surface area contributed by atoms with E-state index in [2.05, 4.69) is 15.1 Å². The number of hydrogen-bond donors (Lipinski definition) is 1. The summed E-state index contributed by atoms with van der Waals surface area (Å²) in [6.07, 6.45) is 0.680. The van der Waals surface area contributed by atoms with Crippen molar-refractivity contribution in [3.05, 3.63) is 97.9 Å². The second kappa shape index (κ2) is 11.0. The Labute approximate surface area is 206 Å².